The second kappa shape index (κ2) is 4.25. The highest BCUT2D eigenvalue weighted by molar-refractivity contribution is 7.73. The van der Waals surface area contributed by atoms with E-state index in [4.69, 9.17) is 0 Å². The third-order valence-electron chi connectivity index (χ3n) is 1.47. The van der Waals surface area contributed by atoms with Crippen molar-refractivity contribution in [1.82, 2.24) is 5.01 Å². The zero-order valence-corrected chi connectivity index (χ0v) is 8.36. The molecule has 1 rings (SSSR count). The van der Waals surface area contributed by atoms with Gasteiger partial charge in [-0.05, 0) is 18.2 Å². The summed E-state index contributed by atoms with van der Waals surface area (Å²) in [6.07, 6.45) is 0. The zero-order valence-electron chi connectivity index (χ0n) is 7.47. The standard InChI is InChI=1S/C8H11N2O2S/c1-9(2)10(13(11)12)8-6-4-3-5-7-8/h4-7,13H,1-2H3. The van der Waals surface area contributed by atoms with Crippen LogP contribution in [-0.2, 0) is 10.9 Å². The molecule has 13 heavy (non-hydrogen) atoms. The van der Waals surface area contributed by atoms with Crippen molar-refractivity contribution in [3.8, 4) is 0 Å². The van der Waals surface area contributed by atoms with Crippen LogP contribution in [0.2, 0.25) is 0 Å². The molecule has 1 aromatic carbocycles. The molecule has 71 valence electrons. The number of nitrogens with zero attached hydrogens (tertiary/aromatic N) is 2. The van der Waals surface area contributed by atoms with Gasteiger partial charge in [0.1, 0.15) is 0 Å². The highest BCUT2D eigenvalue weighted by Gasteiger charge is 2.09. The Labute approximate surface area is 79.4 Å². The van der Waals surface area contributed by atoms with Crippen LogP contribution in [0.4, 0.5) is 5.69 Å². The molecule has 0 aliphatic carbocycles. The average Bonchev–Trinajstić information content (AvgIpc) is 2.04. The summed E-state index contributed by atoms with van der Waals surface area (Å²) in [7, 11) is 0.703. The van der Waals surface area contributed by atoms with Crippen molar-refractivity contribution in [1.29, 1.82) is 0 Å². The van der Waals surface area contributed by atoms with Gasteiger partial charge in [-0.25, -0.2) is 17.8 Å². The fourth-order valence-electron chi connectivity index (χ4n) is 0.983. The van der Waals surface area contributed by atoms with Crippen molar-refractivity contribution in [3.63, 3.8) is 0 Å². The van der Waals surface area contributed by atoms with E-state index in [9.17, 15) is 8.42 Å². The lowest BCUT2D eigenvalue weighted by atomic mass is 10.3. The van der Waals surface area contributed by atoms with E-state index < -0.39 is 10.9 Å². The minimum atomic E-state index is -2.63. The molecule has 0 N–H and O–H groups in total. The van der Waals surface area contributed by atoms with Gasteiger partial charge in [-0.1, -0.05) is 12.1 Å². The maximum Gasteiger partial charge on any atom is 0.238 e. The molecule has 0 aromatic heterocycles. The molecular formula is C8H11N2O2S. The van der Waals surface area contributed by atoms with Gasteiger partial charge in [0.2, 0.25) is 10.9 Å². The van der Waals surface area contributed by atoms with E-state index in [1.807, 2.05) is 0 Å². The summed E-state index contributed by atoms with van der Waals surface area (Å²) >= 11 is 0. The lowest BCUT2D eigenvalue weighted by molar-refractivity contribution is 0.431. The number of hydrazine groups is 1. The van der Waals surface area contributed by atoms with Gasteiger partial charge >= 0.3 is 0 Å². The molecule has 1 radical (unpaired) electrons. The van der Waals surface area contributed by atoms with Gasteiger partial charge < -0.3 is 0 Å². The molecule has 0 unspecified atom stereocenters. The van der Waals surface area contributed by atoms with Gasteiger partial charge in [-0.15, -0.1) is 0 Å². The predicted octanol–water partition coefficient (Wildman–Crippen LogP) is 0.296. The lowest BCUT2D eigenvalue weighted by Gasteiger charge is -2.23. The Balaban J connectivity index is 3.03. The van der Waals surface area contributed by atoms with E-state index in [1.54, 1.807) is 38.4 Å². The molecule has 0 saturated carbocycles. The van der Waals surface area contributed by atoms with Crippen LogP contribution in [0.25, 0.3) is 0 Å². The quantitative estimate of drug-likeness (QED) is 0.562. The van der Waals surface area contributed by atoms with Gasteiger partial charge in [-0.3, -0.25) is 0 Å². The largest absolute Gasteiger partial charge is 0.238 e. The van der Waals surface area contributed by atoms with Crippen LogP contribution in [-0.4, -0.2) is 27.5 Å². The second-order valence-electron chi connectivity index (χ2n) is 2.63. The molecule has 0 bridgehead atoms. The third kappa shape index (κ3) is 2.43. The molecule has 0 atom stereocenters. The molecule has 0 aliphatic rings. The topological polar surface area (TPSA) is 40.6 Å². The summed E-state index contributed by atoms with van der Waals surface area (Å²) in [5, 5.41) is 1.50. The lowest BCUT2D eigenvalue weighted by Crippen LogP contribution is -2.35. The molecule has 0 saturated heterocycles. The number of rotatable bonds is 3. The van der Waals surface area contributed by atoms with Gasteiger partial charge in [-0.2, -0.15) is 0 Å². The Morgan fingerprint density at radius 3 is 2.15 bits per heavy atom. The molecular weight excluding hydrogens is 188 g/mol. The maximum atomic E-state index is 10.9. The number of benzene rings is 1. The molecule has 1 aromatic rings. The first-order valence-corrected chi connectivity index (χ1v) is 4.83. The number of thiol groups is 1. The highest BCUT2D eigenvalue weighted by Crippen LogP contribution is 2.13. The van der Waals surface area contributed by atoms with Crippen molar-refractivity contribution in [2.75, 3.05) is 18.5 Å². The van der Waals surface area contributed by atoms with Crippen molar-refractivity contribution in [2.45, 2.75) is 0 Å². The summed E-state index contributed by atoms with van der Waals surface area (Å²) in [6, 6.07) is 9.54. The van der Waals surface area contributed by atoms with Crippen molar-refractivity contribution >= 4 is 16.6 Å². The van der Waals surface area contributed by atoms with Gasteiger partial charge in [0.25, 0.3) is 0 Å². The fraction of sp³-hybridized carbons (Fsp3) is 0.250. The Hall–Kier alpha value is -1.07. The maximum absolute atomic E-state index is 10.9. The molecule has 0 heterocycles. The Bertz CT molecular complexity index is 327. The molecule has 0 aliphatic heterocycles. The van der Waals surface area contributed by atoms with E-state index in [1.165, 1.54) is 9.42 Å². The SMILES string of the molecule is CN(C)N(c1cc[c]cc1)[SH](=O)=O. The van der Waals surface area contributed by atoms with Gasteiger partial charge in [0.05, 0.1) is 5.69 Å². The average molecular weight is 199 g/mol. The predicted molar refractivity (Wildman–Crippen MR) is 51.8 cm³/mol. The van der Waals surface area contributed by atoms with E-state index in [2.05, 4.69) is 6.07 Å². The zero-order chi connectivity index (χ0) is 9.84. The van der Waals surface area contributed by atoms with Gasteiger partial charge in [0.15, 0.2) is 0 Å². The third-order valence-corrected chi connectivity index (χ3v) is 2.36. The van der Waals surface area contributed by atoms with Crippen LogP contribution in [0.3, 0.4) is 0 Å². The van der Waals surface area contributed by atoms with Crippen LogP contribution in [0, 0.1) is 6.07 Å². The number of hydrogen-bond donors (Lipinski definition) is 1. The first-order chi connectivity index (χ1) is 6.13. The van der Waals surface area contributed by atoms with Crippen molar-refractivity contribution in [2.24, 2.45) is 0 Å². The molecule has 0 fully saturated rings. The summed E-state index contributed by atoms with van der Waals surface area (Å²) in [5.41, 5.74) is 0.611. The summed E-state index contributed by atoms with van der Waals surface area (Å²) in [4.78, 5) is 0. The molecule has 0 amide bonds. The minimum Gasteiger partial charge on any atom is -0.213 e. The summed E-state index contributed by atoms with van der Waals surface area (Å²) < 4.78 is 22.9. The monoisotopic (exact) mass is 199 g/mol. The Kier molecular flexibility index (Phi) is 3.27. The summed E-state index contributed by atoms with van der Waals surface area (Å²) in [6.45, 7) is 0. The normalized spacial score (nSPS) is 10.8. The van der Waals surface area contributed by atoms with E-state index in [0.717, 1.165) is 0 Å². The van der Waals surface area contributed by atoms with Crippen LogP contribution in [0.5, 0.6) is 0 Å². The van der Waals surface area contributed by atoms with Gasteiger partial charge in [0, 0.05) is 14.1 Å². The van der Waals surface area contributed by atoms with Crippen molar-refractivity contribution < 1.29 is 8.42 Å². The highest BCUT2D eigenvalue weighted by atomic mass is 32.2. The van der Waals surface area contributed by atoms with E-state index >= 15 is 0 Å². The van der Waals surface area contributed by atoms with E-state index in [-0.39, 0.29) is 0 Å². The number of anilines is 1. The Morgan fingerprint density at radius 1 is 1.23 bits per heavy atom. The fourth-order valence-corrected chi connectivity index (χ4v) is 1.60. The Morgan fingerprint density at radius 2 is 1.77 bits per heavy atom. The molecule has 5 heteroatoms. The second-order valence-corrected chi connectivity index (χ2v) is 3.49. The molecule has 0 spiro atoms. The van der Waals surface area contributed by atoms with Crippen molar-refractivity contribution in [3.05, 3.63) is 30.3 Å². The van der Waals surface area contributed by atoms with Crippen LogP contribution < -0.4 is 4.41 Å². The van der Waals surface area contributed by atoms with Crippen LogP contribution >= 0.6 is 0 Å². The first-order valence-electron chi connectivity index (χ1n) is 3.70. The first kappa shape index (κ1) is 10.0. The van der Waals surface area contributed by atoms with Crippen LogP contribution in [0.15, 0.2) is 24.3 Å². The minimum absolute atomic E-state index is 0.611. The van der Waals surface area contributed by atoms with Crippen LogP contribution in [0.1, 0.15) is 0 Å². The summed E-state index contributed by atoms with van der Waals surface area (Å²) in [5.74, 6) is 0. The number of hydrogen-bond acceptors (Lipinski definition) is 3. The smallest absolute Gasteiger partial charge is 0.213 e. The van der Waals surface area contributed by atoms with E-state index in [0.29, 0.717) is 5.69 Å². The molecule has 4 nitrogen and oxygen atoms in total.